The molecule has 0 spiro atoms. The van der Waals surface area contributed by atoms with Gasteiger partial charge in [0.15, 0.2) is 0 Å². The first-order valence-corrected chi connectivity index (χ1v) is 7.86. The van der Waals surface area contributed by atoms with Gasteiger partial charge in [-0.15, -0.1) is 0 Å². The van der Waals surface area contributed by atoms with Crippen LogP contribution in [-0.2, 0) is 0 Å². The molecule has 0 aromatic rings. The largest absolute Gasteiger partial charge is 0.0628 e. The quantitative estimate of drug-likeness (QED) is 0.681. The molecule has 0 atom stereocenters. The Kier molecular flexibility index (Phi) is 1.24. The Balaban J connectivity index is 1.41. The molecule has 6 aliphatic rings. The van der Waals surface area contributed by atoms with Crippen molar-refractivity contribution in [2.24, 2.45) is 57.7 Å². The minimum absolute atomic E-state index is 0.574. The van der Waals surface area contributed by atoms with Crippen molar-refractivity contribution < 1.29 is 0 Å². The van der Waals surface area contributed by atoms with Gasteiger partial charge in [-0.2, -0.15) is 0 Å². The predicted molar refractivity (Wildman–Crippen MR) is 69.3 cm³/mol. The molecule has 94 valence electrons. The second-order valence-electron chi connectivity index (χ2n) is 9.71. The fourth-order valence-electron chi connectivity index (χ4n) is 8.36. The predicted octanol–water partition coefficient (Wildman–Crippen LogP) is 4.21. The summed E-state index contributed by atoms with van der Waals surface area (Å²) in [6.07, 6.45) is 3.11. The normalized spacial score (nSPS) is 67.4. The highest BCUT2D eigenvalue weighted by molar-refractivity contribution is 5.54. The van der Waals surface area contributed by atoms with E-state index in [-0.39, 0.29) is 0 Å². The van der Waals surface area contributed by atoms with Crippen molar-refractivity contribution in [2.45, 2.75) is 47.5 Å². The Hall–Kier alpha value is 0. The van der Waals surface area contributed by atoms with Crippen molar-refractivity contribution in [3.63, 3.8) is 0 Å². The van der Waals surface area contributed by atoms with E-state index in [1.54, 1.807) is 12.8 Å². The van der Waals surface area contributed by atoms with Crippen LogP contribution < -0.4 is 0 Å². The fraction of sp³-hybridized carbons (Fsp3) is 1.00. The Morgan fingerprint density at radius 1 is 0.824 bits per heavy atom. The van der Waals surface area contributed by atoms with Gasteiger partial charge in [0.2, 0.25) is 0 Å². The third kappa shape index (κ3) is 0.622. The van der Waals surface area contributed by atoms with Crippen molar-refractivity contribution in [3.05, 3.63) is 0 Å². The average Bonchev–Trinajstić information content (AvgIpc) is 2.20. The van der Waals surface area contributed by atoms with Gasteiger partial charge in [-0.05, 0) is 70.5 Å². The zero-order valence-corrected chi connectivity index (χ0v) is 12.0. The van der Waals surface area contributed by atoms with Gasteiger partial charge in [0.25, 0.3) is 0 Å². The van der Waals surface area contributed by atoms with Crippen molar-refractivity contribution >= 4 is 0 Å². The second kappa shape index (κ2) is 2.14. The molecule has 6 rings (SSSR count). The fourth-order valence-corrected chi connectivity index (χ4v) is 8.36. The highest BCUT2D eigenvalue weighted by Gasteiger charge is 3.08. The first-order chi connectivity index (χ1) is 7.86. The molecular weight excluding hydrogens is 204 g/mol. The Morgan fingerprint density at radius 3 is 1.59 bits per heavy atom. The summed E-state index contributed by atoms with van der Waals surface area (Å²) >= 11 is 0. The van der Waals surface area contributed by atoms with E-state index >= 15 is 0 Å². The van der Waals surface area contributed by atoms with Crippen molar-refractivity contribution in [2.75, 3.05) is 0 Å². The lowest BCUT2D eigenvalue weighted by Crippen LogP contribution is -3.09. The SMILES string of the molecule is CC(C)CC12C3C4C1C1C2C3C41CC(C)(C)C. The molecule has 0 nitrogen and oxygen atoms in total. The lowest BCUT2D eigenvalue weighted by Gasteiger charge is -3.12. The standard InChI is InChI=1S/C17H26/c1-8(2)6-16-9-12-10(16)14-11(16)13(9)17(12,14)7-15(3,4)5/h8-14H,6-7H2,1-5H3. The Labute approximate surface area is 106 Å². The van der Waals surface area contributed by atoms with Gasteiger partial charge in [0.1, 0.15) is 0 Å². The molecule has 0 aliphatic heterocycles. The highest BCUT2D eigenvalue weighted by atomic mass is 15.1. The minimum Gasteiger partial charge on any atom is -0.0628 e. The lowest BCUT2D eigenvalue weighted by atomic mass is 8.91. The summed E-state index contributed by atoms with van der Waals surface area (Å²) < 4.78 is 0. The van der Waals surface area contributed by atoms with Crippen LogP contribution in [0.15, 0.2) is 0 Å². The van der Waals surface area contributed by atoms with Gasteiger partial charge in [-0.3, -0.25) is 0 Å². The number of rotatable bonds is 3. The number of hydrogen-bond acceptors (Lipinski definition) is 0. The second-order valence-corrected chi connectivity index (χ2v) is 9.71. The molecule has 17 heavy (non-hydrogen) atoms. The van der Waals surface area contributed by atoms with Gasteiger partial charge in [-0.25, -0.2) is 0 Å². The maximum atomic E-state index is 2.46. The topological polar surface area (TPSA) is 0 Å². The van der Waals surface area contributed by atoms with E-state index < -0.39 is 0 Å². The van der Waals surface area contributed by atoms with Crippen LogP contribution in [-0.4, -0.2) is 0 Å². The minimum atomic E-state index is 0.574. The van der Waals surface area contributed by atoms with Crippen LogP contribution in [0.3, 0.4) is 0 Å². The van der Waals surface area contributed by atoms with Crippen LogP contribution in [0.25, 0.3) is 0 Å². The molecule has 0 unspecified atom stereocenters. The lowest BCUT2D eigenvalue weighted by molar-refractivity contribution is -0.663. The average molecular weight is 230 g/mol. The Bertz CT molecular complexity index is 368. The zero-order valence-electron chi connectivity index (χ0n) is 12.0. The van der Waals surface area contributed by atoms with Crippen molar-refractivity contribution in [1.82, 2.24) is 0 Å². The molecule has 0 bridgehead atoms. The van der Waals surface area contributed by atoms with Gasteiger partial charge < -0.3 is 0 Å². The molecule has 0 radical (unpaired) electrons. The van der Waals surface area contributed by atoms with Crippen LogP contribution in [0.5, 0.6) is 0 Å². The van der Waals surface area contributed by atoms with Crippen LogP contribution >= 0.6 is 0 Å². The molecule has 0 heterocycles. The molecule has 0 amide bonds. The maximum absolute atomic E-state index is 2.46. The first-order valence-electron chi connectivity index (χ1n) is 7.86. The summed E-state index contributed by atoms with van der Waals surface area (Å²) in [7, 11) is 0. The molecule has 0 heteroatoms. The first kappa shape index (κ1) is 9.87. The highest BCUT2D eigenvalue weighted by Crippen LogP contribution is 3.11. The number of hydrogen-bond donors (Lipinski definition) is 0. The van der Waals surface area contributed by atoms with E-state index in [9.17, 15) is 0 Å². The third-order valence-corrected chi connectivity index (χ3v) is 7.64. The van der Waals surface area contributed by atoms with Crippen LogP contribution in [0.4, 0.5) is 0 Å². The Morgan fingerprint density at radius 2 is 1.24 bits per heavy atom. The van der Waals surface area contributed by atoms with E-state index in [1.165, 1.54) is 35.5 Å². The van der Waals surface area contributed by atoms with Crippen LogP contribution in [0, 0.1) is 57.7 Å². The molecule has 6 fully saturated rings. The smallest absolute Gasteiger partial charge is 0.0190 e. The summed E-state index contributed by atoms with van der Waals surface area (Å²) in [5.74, 6) is 8.30. The molecule has 6 saturated carbocycles. The summed E-state index contributed by atoms with van der Waals surface area (Å²) in [6, 6.07) is 0. The molecular formula is C17H26. The molecule has 0 aromatic heterocycles. The van der Waals surface area contributed by atoms with Crippen molar-refractivity contribution in [3.8, 4) is 0 Å². The van der Waals surface area contributed by atoms with Gasteiger partial charge in [0, 0.05) is 0 Å². The maximum Gasteiger partial charge on any atom is -0.0190 e. The summed E-state index contributed by atoms with van der Waals surface area (Å²) in [5, 5.41) is 0. The van der Waals surface area contributed by atoms with Crippen molar-refractivity contribution in [1.29, 1.82) is 0 Å². The molecule has 0 N–H and O–H groups in total. The van der Waals surface area contributed by atoms with Gasteiger partial charge in [0.05, 0.1) is 0 Å². The van der Waals surface area contributed by atoms with E-state index in [2.05, 4.69) is 34.6 Å². The van der Waals surface area contributed by atoms with Crippen LogP contribution in [0.2, 0.25) is 0 Å². The third-order valence-electron chi connectivity index (χ3n) is 7.64. The van der Waals surface area contributed by atoms with Crippen LogP contribution in [0.1, 0.15) is 47.5 Å². The van der Waals surface area contributed by atoms with Gasteiger partial charge in [-0.1, -0.05) is 34.6 Å². The zero-order chi connectivity index (χ0) is 12.0. The van der Waals surface area contributed by atoms with E-state index in [0.29, 0.717) is 5.41 Å². The molecule has 0 saturated heterocycles. The summed E-state index contributed by atoms with van der Waals surface area (Å²) in [6.45, 7) is 12.2. The summed E-state index contributed by atoms with van der Waals surface area (Å²) in [4.78, 5) is 0. The monoisotopic (exact) mass is 230 g/mol. The van der Waals surface area contributed by atoms with E-state index in [4.69, 9.17) is 0 Å². The van der Waals surface area contributed by atoms with E-state index in [1.807, 2.05) is 0 Å². The molecule has 6 aliphatic carbocycles. The summed E-state index contributed by atoms with van der Waals surface area (Å²) in [5.41, 5.74) is 2.43. The molecule has 0 aromatic carbocycles. The van der Waals surface area contributed by atoms with E-state index in [0.717, 1.165) is 16.7 Å². The van der Waals surface area contributed by atoms with Gasteiger partial charge >= 0.3 is 0 Å².